The van der Waals surface area contributed by atoms with Crippen LogP contribution in [-0.2, 0) is 4.79 Å². The summed E-state index contributed by atoms with van der Waals surface area (Å²) in [5.74, 6) is 0.125. The Morgan fingerprint density at radius 2 is 1.62 bits per heavy atom. The first kappa shape index (κ1) is 20.0. The second-order valence-corrected chi connectivity index (χ2v) is 7.76. The van der Waals surface area contributed by atoms with Crippen LogP contribution in [0.25, 0.3) is 16.7 Å². The number of hydrogen-bond donors (Lipinski definition) is 2. The molecule has 2 aromatic carbocycles. The lowest BCUT2D eigenvalue weighted by Crippen LogP contribution is -2.51. The number of aromatic nitrogens is 4. The average molecular weight is 429 g/mol. The highest BCUT2D eigenvalue weighted by Crippen LogP contribution is 2.23. The van der Waals surface area contributed by atoms with Gasteiger partial charge in [-0.3, -0.25) is 19.5 Å². The summed E-state index contributed by atoms with van der Waals surface area (Å²) in [5.41, 5.74) is 7.73. The van der Waals surface area contributed by atoms with Crippen LogP contribution in [0, 0.1) is 0 Å². The van der Waals surface area contributed by atoms with Crippen LogP contribution in [0.15, 0.2) is 71.7 Å². The van der Waals surface area contributed by atoms with Gasteiger partial charge >= 0.3 is 0 Å². The fourth-order valence-electron chi connectivity index (χ4n) is 4.20. The van der Waals surface area contributed by atoms with Crippen LogP contribution >= 0.6 is 0 Å². The Morgan fingerprint density at radius 1 is 0.969 bits per heavy atom. The number of carbonyl (C=O) groups excluding carboxylic acids is 1. The van der Waals surface area contributed by atoms with Crippen LogP contribution in [0.3, 0.4) is 0 Å². The Morgan fingerprint density at radius 3 is 2.28 bits per heavy atom. The Bertz CT molecular complexity index is 1290. The summed E-state index contributed by atoms with van der Waals surface area (Å²) >= 11 is 0. The van der Waals surface area contributed by atoms with Crippen molar-refractivity contribution in [3.05, 3.63) is 82.8 Å². The Balaban J connectivity index is 1.40. The lowest BCUT2D eigenvalue weighted by Gasteiger charge is -2.38. The summed E-state index contributed by atoms with van der Waals surface area (Å²) in [6.07, 6.45) is 1.53. The smallest absolute Gasteiger partial charge is 0.263 e. The Labute approximate surface area is 184 Å². The van der Waals surface area contributed by atoms with E-state index in [1.807, 2.05) is 65.6 Å². The third-order valence-electron chi connectivity index (χ3n) is 5.79. The molecule has 0 aliphatic carbocycles. The quantitative estimate of drug-likeness (QED) is 0.497. The highest BCUT2D eigenvalue weighted by atomic mass is 16.1. The van der Waals surface area contributed by atoms with E-state index in [-0.39, 0.29) is 11.5 Å². The maximum absolute atomic E-state index is 12.7. The molecule has 4 aromatic rings. The third kappa shape index (κ3) is 3.63. The van der Waals surface area contributed by atoms with E-state index in [9.17, 15) is 9.59 Å². The van der Waals surface area contributed by atoms with Crippen molar-refractivity contribution in [2.45, 2.75) is 6.04 Å². The number of aromatic amines is 1. The molecule has 1 saturated heterocycles. The molecular weight excluding hydrogens is 406 g/mol. The first-order chi connectivity index (χ1) is 15.6. The van der Waals surface area contributed by atoms with Gasteiger partial charge in [0.05, 0.1) is 11.9 Å². The van der Waals surface area contributed by atoms with Crippen molar-refractivity contribution in [3.8, 4) is 5.69 Å². The van der Waals surface area contributed by atoms with E-state index in [4.69, 9.17) is 10.7 Å². The van der Waals surface area contributed by atoms with Crippen LogP contribution < -0.4 is 16.2 Å². The van der Waals surface area contributed by atoms with Gasteiger partial charge < -0.3 is 10.6 Å². The van der Waals surface area contributed by atoms with Gasteiger partial charge in [0.25, 0.3) is 5.56 Å². The molecule has 0 saturated carbocycles. The Kier molecular flexibility index (Phi) is 5.16. The summed E-state index contributed by atoms with van der Waals surface area (Å²) in [6, 6.07) is 18.7. The van der Waals surface area contributed by atoms with Crippen molar-refractivity contribution in [1.29, 1.82) is 0 Å². The van der Waals surface area contributed by atoms with Gasteiger partial charge in [-0.15, -0.1) is 0 Å². The summed E-state index contributed by atoms with van der Waals surface area (Å²) in [4.78, 5) is 36.6. The maximum Gasteiger partial charge on any atom is 0.263 e. The van der Waals surface area contributed by atoms with Gasteiger partial charge in [-0.1, -0.05) is 48.5 Å². The van der Waals surface area contributed by atoms with Crippen molar-refractivity contribution in [2.75, 3.05) is 31.1 Å². The summed E-state index contributed by atoms with van der Waals surface area (Å²) < 4.78 is 1.67. The van der Waals surface area contributed by atoms with E-state index in [0.29, 0.717) is 43.2 Å². The fraction of sp³-hybridized carbons (Fsp3) is 0.217. The molecule has 1 unspecified atom stereocenters. The summed E-state index contributed by atoms with van der Waals surface area (Å²) in [7, 11) is 0. The highest BCUT2D eigenvalue weighted by molar-refractivity contribution is 5.81. The zero-order valence-electron chi connectivity index (χ0n) is 17.4. The average Bonchev–Trinajstić information content (AvgIpc) is 3.25. The number of nitrogens with zero attached hydrogens (tertiary/aromatic N) is 5. The topological polar surface area (TPSA) is 113 Å². The number of primary amides is 1. The number of piperazine rings is 1. The molecule has 0 bridgehead atoms. The van der Waals surface area contributed by atoms with Crippen LogP contribution in [-0.4, -0.2) is 56.7 Å². The van der Waals surface area contributed by atoms with E-state index in [1.165, 1.54) is 6.20 Å². The zero-order chi connectivity index (χ0) is 22.1. The summed E-state index contributed by atoms with van der Waals surface area (Å²) in [5, 5.41) is 4.80. The van der Waals surface area contributed by atoms with E-state index in [2.05, 4.69) is 15.0 Å². The highest BCUT2D eigenvalue weighted by Gasteiger charge is 2.29. The standard InChI is InChI=1S/C23H23N7O2/c24-20(31)19(16-7-3-1-4-8-16)28-11-13-29(14-12-28)23-26-21-18(22(32)27-23)15-25-30(21)17-9-5-2-6-10-17/h1-10,15,19H,11-14H2,(H2,24,31)(H,26,27,32). The number of hydrogen-bond acceptors (Lipinski definition) is 6. The Hall–Kier alpha value is -3.98. The van der Waals surface area contributed by atoms with Crippen molar-refractivity contribution in [1.82, 2.24) is 24.6 Å². The van der Waals surface area contributed by atoms with E-state index in [0.717, 1.165) is 11.3 Å². The van der Waals surface area contributed by atoms with Crippen LogP contribution in [0.2, 0.25) is 0 Å². The van der Waals surface area contributed by atoms with Crippen LogP contribution in [0.4, 0.5) is 5.95 Å². The molecule has 0 spiro atoms. The molecule has 5 rings (SSSR count). The largest absolute Gasteiger partial charge is 0.368 e. The zero-order valence-corrected chi connectivity index (χ0v) is 17.4. The van der Waals surface area contributed by atoms with Crippen LogP contribution in [0.5, 0.6) is 0 Å². The SMILES string of the molecule is NC(=O)C(c1ccccc1)N1CCN(c2nc3c(cnn3-c3ccccc3)c(=O)[nH]2)CC1. The molecule has 32 heavy (non-hydrogen) atoms. The third-order valence-corrected chi connectivity index (χ3v) is 5.79. The van der Waals surface area contributed by atoms with Gasteiger partial charge in [-0.2, -0.15) is 10.1 Å². The van der Waals surface area contributed by atoms with Crippen molar-refractivity contribution >= 4 is 22.9 Å². The normalized spacial score (nSPS) is 15.7. The molecule has 1 atom stereocenters. The fourth-order valence-corrected chi connectivity index (χ4v) is 4.20. The molecule has 1 fully saturated rings. The number of rotatable bonds is 5. The van der Waals surface area contributed by atoms with Gasteiger partial charge in [0.2, 0.25) is 11.9 Å². The monoisotopic (exact) mass is 429 g/mol. The number of para-hydroxylation sites is 1. The van der Waals surface area contributed by atoms with Crippen molar-refractivity contribution in [2.24, 2.45) is 5.73 Å². The predicted molar refractivity (Wildman–Crippen MR) is 122 cm³/mol. The minimum absolute atomic E-state index is 0.228. The van der Waals surface area contributed by atoms with E-state index < -0.39 is 6.04 Å². The molecule has 2 aromatic heterocycles. The molecule has 3 heterocycles. The van der Waals surface area contributed by atoms with E-state index in [1.54, 1.807) is 4.68 Å². The molecule has 1 aliphatic rings. The van der Waals surface area contributed by atoms with Gasteiger partial charge in [0.1, 0.15) is 11.4 Å². The number of anilines is 1. The van der Waals surface area contributed by atoms with Gasteiger partial charge in [-0.25, -0.2) is 4.68 Å². The second kappa shape index (κ2) is 8.27. The van der Waals surface area contributed by atoms with Gasteiger partial charge in [0.15, 0.2) is 5.65 Å². The predicted octanol–water partition coefficient (Wildman–Crippen LogP) is 1.46. The molecule has 0 radical (unpaired) electrons. The lowest BCUT2D eigenvalue weighted by atomic mass is 10.0. The number of fused-ring (bicyclic) bond motifs is 1. The lowest BCUT2D eigenvalue weighted by molar-refractivity contribution is -0.123. The molecular formula is C23H23N7O2. The molecule has 1 amide bonds. The number of nitrogens with two attached hydrogens (primary N) is 1. The number of H-pyrrole nitrogens is 1. The first-order valence-electron chi connectivity index (χ1n) is 10.5. The van der Waals surface area contributed by atoms with Gasteiger partial charge in [-0.05, 0) is 17.7 Å². The van der Waals surface area contributed by atoms with Gasteiger partial charge in [0, 0.05) is 26.2 Å². The van der Waals surface area contributed by atoms with Crippen LogP contribution in [0.1, 0.15) is 11.6 Å². The van der Waals surface area contributed by atoms with Crippen molar-refractivity contribution in [3.63, 3.8) is 0 Å². The molecule has 9 heteroatoms. The maximum atomic E-state index is 12.7. The first-order valence-corrected chi connectivity index (χ1v) is 10.5. The minimum atomic E-state index is -0.479. The minimum Gasteiger partial charge on any atom is -0.368 e. The molecule has 3 N–H and O–H groups in total. The molecule has 162 valence electrons. The second-order valence-electron chi connectivity index (χ2n) is 7.76. The number of amides is 1. The number of benzene rings is 2. The summed E-state index contributed by atoms with van der Waals surface area (Å²) in [6.45, 7) is 2.43. The number of carbonyl (C=O) groups is 1. The van der Waals surface area contributed by atoms with E-state index >= 15 is 0 Å². The molecule has 9 nitrogen and oxygen atoms in total. The van der Waals surface area contributed by atoms with Crippen molar-refractivity contribution < 1.29 is 4.79 Å². The molecule has 1 aliphatic heterocycles. The number of nitrogens with one attached hydrogen (secondary N) is 1.